The molecule has 136 valence electrons. The Morgan fingerprint density at radius 3 is 2.81 bits per heavy atom. The molecule has 0 aliphatic heterocycles. The molecule has 0 radical (unpaired) electrons. The number of nitrogen functional groups attached to an aromatic ring is 1. The molecule has 5 N–H and O–H groups in total. The summed E-state index contributed by atoms with van der Waals surface area (Å²) >= 11 is 6.21. The number of methoxy groups -OCH3 is 1. The second-order valence-electron chi connectivity index (χ2n) is 5.59. The number of ether oxygens (including phenoxy) is 2. The topological polar surface area (TPSA) is 135 Å². The van der Waals surface area contributed by atoms with Crippen molar-refractivity contribution in [1.82, 2.24) is 15.3 Å². The molecular weight excluding hydrogens is 360 g/mol. The van der Waals surface area contributed by atoms with Gasteiger partial charge in [0.15, 0.2) is 0 Å². The van der Waals surface area contributed by atoms with Gasteiger partial charge in [-0.15, -0.1) is 0 Å². The van der Waals surface area contributed by atoms with E-state index in [1.807, 2.05) is 0 Å². The highest BCUT2D eigenvalue weighted by Crippen LogP contribution is 2.31. The normalized spacial score (nSPS) is 13.0. The molecule has 0 bridgehead atoms. The second kappa shape index (κ2) is 7.44. The van der Waals surface area contributed by atoms with Crippen molar-refractivity contribution in [2.75, 3.05) is 18.2 Å². The molecule has 10 heteroatoms. The molecule has 0 atom stereocenters. The third-order valence-corrected chi connectivity index (χ3v) is 3.90. The molecule has 1 aliphatic rings. The molecule has 1 heterocycles. The molecular formula is C16H17ClN6O3. The average molecular weight is 377 g/mol. The summed E-state index contributed by atoms with van der Waals surface area (Å²) in [5.41, 5.74) is 6.36. The molecule has 26 heavy (non-hydrogen) atoms. The van der Waals surface area contributed by atoms with Gasteiger partial charge in [-0.25, -0.2) is 14.8 Å². The van der Waals surface area contributed by atoms with Crippen molar-refractivity contribution >= 4 is 35.0 Å². The molecule has 2 aromatic rings. The van der Waals surface area contributed by atoms with Gasteiger partial charge in [-0.1, -0.05) is 11.6 Å². The lowest BCUT2D eigenvalue weighted by Crippen LogP contribution is -2.30. The minimum Gasteiger partial charge on any atom is -0.481 e. The van der Waals surface area contributed by atoms with E-state index in [2.05, 4.69) is 20.6 Å². The highest BCUT2D eigenvalue weighted by atomic mass is 35.5. The molecule has 1 aromatic heterocycles. The van der Waals surface area contributed by atoms with Crippen LogP contribution in [-0.2, 0) is 4.74 Å². The summed E-state index contributed by atoms with van der Waals surface area (Å²) in [6.45, 7) is 0. The van der Waals surface area contributed by atoms with Crippen LogP contribution < -0.4 is 21.1 Å². The summed E-state index contributed by atoms with van der Waals surface area (Å²) in [6, 6.07) is 4.68. The molecule has 0 unspecified atom stereocenters. The molecule has 1 aromatic carbocycles. The fraction of sp³-hybridized carbons (Fsp3) is 0.250. The van der Waals surface area contributed by atoms with E-state index in [1.165, 1.54) is 19.5 Å². The van der Waals surface area contributed by atoms with Crippen molar-refractivity contribution in [2.24, 2.45) is 0 Å². The number of carbonyl (C=O) groups excluding carboxylic acids is 1. The maximum Gasteiger partial charge on any atom is 0.319 e. The summed E-state index contributed by atoms with van der Waals surface area (Å²) < 4.78 is 10.5. The lowest BCUT2D eigenvalue weighted by molar-refractivity contribution is 0.251. The van der Waals surface area contributed by atoms with Crippen molar-refractivity contribution in [1.29, 1.82) is 5.41 Å². The monoisotopic (exact) mass is 376 g/mol. The number of nitrogens with zero attached hydrogens (tertiary/aromatic N) is 2. The highest BCUT2D eigenvalue weighted by Gasteiger charge is 2.23. The van der Waals surface area contributed by atoms with E-state index in [0.717, 1.165) is 12.8 Å². The van der Waals surface area contributed by atoms with Crippen LogP contribution in [0.1, 0.15) is 18.4 Å². The maximum absolute atomic E-state index is 11.8. The van der Waals surface area contributed by atoms with Crippen LogP contribution in [-0.4, -0.2) is 35.0 Å². The minimum absolute atomic E-state index is 0.0583. The number of carbonyl (C=O) groups is 1. The Morgan fingerprint density at radius 1 is 1.38 bits per heavy atom. The van der Waals surface area contributed by atoms with Crippen molar-refractivity contribution in [2.45, 2.75) is 18.9 Å². The quantitative estimate of drug-likeness (QED) is 0.468. The van der Waals surface area contributed by atoms with E-state index < -0.39 is 0 Å². The van der Waals surface area contributed by atoms with Crippen LogP contribution in [0.2, 0.25) is 5.02 Å². The van der Waals surface area contributed by atoms with Gasteiger partial charge in [0.2, 0.25) is 11.8 Å². The van der Waals surface area contributed by atoms with Crippen LogP contribution in [0.15, 0.2) is 24.5 Å². The number of hydrogen-bond donors (Lipinski definition) is 4. The first-order chi connectivity index (χ1) is 12.5. The molecule has 1 aliphatic carbocycles. The number of nitrogens with one attached hydrogen (secondary N) is 3. The zero-order valence-corrected chi connectivity index (χ0v) is 14.6. The van der Waals surface area contributed by atoms with E-state index in [9.17, 15) is 4.79 Å². The predicted octanol–water partition coefficient (Wildman–Crippen LogP) is 2.76. The first-order valence-corrected chi connectivity index (χ1v) is 8.14. The Bertz CT molecular complexity index is 856. The maximum atomic E-state index is 11.8. The van der Waals surface area contributed by atoms with Crippen molar-refractivity contribution in [3.05, 3.63) is 35.1 Å². The SMILES string of the molecule is COC(=N)c1c(N)ncnc1Oc1ccc(NC(=O)NC2CC2)c(Cl)c1. The van der Waals surface area contributed by atoms with E-state index >= 15 is 0 Å². The minimum atomic E-state index is -0.303. The van der Waals surface area contributed by atoms with Crippen molar-refractivity contribution in [3.8, 4) is 11.6 Å². The second-order valence-corrected chi connectivity index (χ2v) is 6.00. The number of hydrogen-bond acceptors (Lipinski definition) is 7. The summed E-state index contributed by atoms with van der Waals surface area (Å²) in [6.07, 6.45) is 3.21. The Kier molecular flexibility index (Phi) is 5.08. The van der Waals surface area contributed by atoms with Gasteiger partial charge >= 0.3 is 6.03 Å². The van der Waals surface area contributed by atoms with Crippen LogP contribution >= 0.6 is 11.6 Å². The Morgan fingerprint density at radius 2 is 2.15 bits per heavy atom. The van der Waals surface area contributed by atoms with Gasteiger partial charge in [0, 0.05) is 12.1 Å². The van der Waals surface area contributed by atoms with Gasteiger partial charge in [0.05, 0.1) is 17.8 Å². The first kappa shape index (κ1) is 17.7. The van der Waals surface area contributed by atoms with Crippen LogP contribution in [0.25, 0.3) is 0 Å². The highest BCUT2D eigenvalue weighted by molar-refractivity contribution is 6.33. The summed E-state index contributed by atoms with van der Waals surface area (Å²) in [7, 11) is 1.34. The fourth-order valence-corrected chi connectivity index (χ4v) is 2.34. The molecule has 9 nitrogen and oxygen atoms in total. The number of urea groups is 1. The zero-order valence-electron chi connectivity index (χ0n) is 13.9. The molecule has 3 rings (SSSR count). The summed E-state index contributed by atoms with van der Waals surface area (Å²) in [5.74, 6) is 0.251. The van der Waals surface area contributed by atoms with Crippen LogP contribution in [0.5, 0.6) is 11.6 Å². The molecule has 0 spiro atoms. The van der Waals surface area contributed by atoms with Gasteiger partial charge in [-0.3, -0.25) is 5.41 Å². The predicted molar refractivity (Wildman–Crippen MR) is 97.0 cm³/mol. The van der Waals surface area contributed by atoms with Crippen LogP contribution in [0.4, 0.5) is 16.3 Å². The van der Waals surface area contributed by atoms with Gasteiger partial charge in [-0.05, 0) is 25.0 Å². The molecule has 2 amide bonds. The van der Waals surface area contributed by atoms with E-state index in [-0.39, 0.29) is 35.2 Å². The summed E-state index contributed by atoms with van der Waals surface area (Å²) in [5, 5.41) is 13.6. The van der Waals surface area contributed by atoms with Gasteiger partial charge in [0.1, 0.15) is 23.5 Å². The largest absolute Gasteiger partial charge is 0.481 e. The number of nitrogens with two attached hydrogens (primary N) is 1. The van der Waals surface area contributed by atoms with Gasteiger partial charge < -0.3 is 25.8 Å². The Balaban J connectivity index is 1.77. The lowest BCUT2D eigenvalue weighted by Gasteiger charge is -2.13. The number of rotatable bonds is 5. The number of anilines is 2. The van der Waals surface area contributed by atoms with Gasteiger partial charge in [-0.2, -0.15) is 0 Å². The smallest absolute Gasteiger partial charge is 0.319 e. The number of benzene rings is 1. The van der Waals surface area contributed by atoms with E-state index in [0.29, 0.717) is 16.5 Å². The lowest BCUT2D eigenvalue weighted by atomic mass is 10.2. The number of aromatic nitrogens is 2. The zero-order chi connectivity index (χ0) is 18.7. The first-order valence-electron chi connectivity index (χ1n) is 7.76. The molecule has 0 saturated heterocycles. The fourth-order valence-electron chi connectivity index (χ4n) is 2.12. The molecule has 1 saturated carbocycles. The van der Waals surface area contributed by atoms with Crippen LogP contribution in [0.3, 0.4) is 0 Å². The van der Waals surface area contributed by atoms with E-state index in [1.54, 1.807) is 12.1 Å². The third kappa shape index (κ3) is 4.12. The van der Waals surface area contributed by atoms with Crippen molar-refractivity contribution in [3.63, 3.8) is 0 Å². The van der Waals surface area contributed by atoms with Gasteiger partial charge in [0.25, 0.3) is 0 Å². The number of amides is 2. The Labute approximate surface area is 154 Å². The number of halogens is 1. The standard InChI is InChI=1S/C16H17ClN6O3/c1-25-14(19)12-13(18)20-7-21-15(12)26-9-4-5-11(10(17)6-9)23-16(24)22-8-2-3-8/h4-8,19H,2-3H2,1H3,(H2,18,20,21)(H2,22,23,24). The third-order valence-electron chi connectivity index (χ3n) is 3.59. The van der Waals surface area contributed by atoms with E-state index in [4.69, 9.17) is 32.2 Å². The van der Waals surface area contributed by atoms with Crippen LogP contribution in [0, 0.1) is 5.41 Å². The van der Waals surface area contributed by atoms with Crippen molar-refractivity contribution < 1.29 is 14.3 Å². The average Bonchev–Trinajstić information content (AvgIpc) is 3.41. The Hall–Kier alpha value is -3.07. The molecule has 1 fully saturated rings. The summed E-state index contributed by atoms with van der Waals surface area (Å²) in [4.78, 5) is 19.6.